The molecule has 1 fully saturated rings. The number of rotatable bonds is 5. The SMILES string of the molecule is Cn1nc(C(C)(C)C)cc1NC(=O)Nc1cc(F)cc(OC2CCN(C(=O)c3sccc3Cl)CC2)c1. The summed E-state index contributed by atoms with van der Waals surface area (Å²) in [5.74, 6) is 0.223. The van der Waals surface area contributed by atoms with Crippen LogP contribution in [-0.2, 0) is 12.5 Å². The van der Waals surface area contributed by atoms with Gasteiger partial charge in [0.2, 0.25) is 0 Å². The molecular weight excluding hydrogens is 505 g/mol. The predicted molar refractivity (Wildman–Crippen MR) is 140 cm³/mol. The Morgan fingerprint density at radius 1 is 1.17 bits per heavy atom. The van der Waals surface area contributed by atoms with Gasteiger partial charge in [-0.2, -0.15) is 5.10 Å². The third kappa shape index (κ3) is 6.17. The molecule has 11 heteroatoms. The Balaban J connectivity index is 1.34. The van der Waals surface area contributed by atoms with E-state index in [4.69, 9.17) is 16.3 Å². The summed E-state index contributed by atoms with van der Waals surface area (Å²) in [7, 11) is 1.74. The fourth-order valence-corrected chi connectivity index (χ4v) is 4.99. The number of nitrogens with one attached hydrogen (secondary N) is 2. The highest BCUT2D eigenvalue weighted by molar-refractivity contribution is 7.12. The van der Waals surface area contributed by atoms with E-state index in [-0.39, 0.29) is 23.1 Å². The number of aromatic nitrogens is 2. The fourth-order valence-electron chi connectivity index (χ4n) is 3.89. The van der Waals surface area contributed by atoms with Gasteiger partial charge in [-0.1, -0.05) is 32.4 Å². The van der Waals surface area contributed by atoms with Gasteiger partial charge in [0, 0.05) is 62.3 Å². The largest absolute Gasteiger partial charge is 0.490 e. The molecule has 0 saturated carbocycles. The van der Waals surface area contributed by atoms with Crippen molar-refractivity contribution in [2.75, 3.05) is 23.7 Å². The number of piperidine rings is 1. The minimum absolute atomic E-state index is 0.0836. The quantitative estimate of drug-likeness (QED) is 0.427. The molecule has 1 aliphatic rings. The number of nitrogens with zero attached hydrogens (tertiary/aromatic N) is 3. The van der Waals surface area contributed by atoms with Crippen molar-refractivity contribution in [1.82, 2.24) is 14.7 Å². The number of hydrogen-bond donors (Lipinski definition) is 2. The number of urea groups is 1. The van der Waals surface area contributed by atoms with Crippen LogP contribution in [-0.4, -0.2) is 45.8 Å². The number of carbonyl (C=O) groups excluding carboxylic acids is 2. The molecule has 2 aromatic heterocycles. The highest BCUT2D eigenvalue weighted by Gasteiger charge is 2.27. The zero-order valence-electron chi connectivity index (χ0n) is 20.6. The van der Waals surface area contributed by atoms with Crippen LogP contribution in [0.1, 0.15) is 49.0 Å². The lowest BCUT2D eigenvalue weighted by Crippen LogP contribution is -2.41. The number of thiophene rings is 1. The summed E-state index contributed by atoms with van der Waals surface area (Å²) in [6.07, 6.45) is 1.03. The maximum Gasteiger partial charge on any atom is 0.324 e. The van der Waals surface area contributed by atoms with Gasteiger partial charge in [-0.05, 0) is 17.5 Å². The molecule has 0 unspecified atom stereocenters. The van der Waals surface area contributed by atoms with Gasteiger partial charge in [0.15, 0.2) is 0 Å². The summed E-state index contributed by atoms with van der Waals surface area (Å²) in [6.45, 7) is 7.14. The predicted octanol–water partition coefficient (Wildman–Crippen LogP) is 5.90. The van der Waals surface area contributed by atoms with E-state index in [9.17, 15) is 14.0 Å². The Labute approximate surface area is 218 Å². The summed E-state index contributed by atoms with van der Waals surface area (Å²) < 4.78 is 21.9. The molecular formula is C25H29ClFN5O3S. The second-order valence-corrected chi connectivity index (χ2v) is 11.1. The van der Waals surface area contributed by atoms with E-state index in [0.717, 1.165) is 5.69 Å². The molecule has 4 rings (SSSR count). The summed E-state index contributed by atoms with van der Waals surface area (Å²) >= 11 is 7.42. The van der Waals surface area contributed by atoms with E-state index in [1.54, 1.807) is 34.1 Å². The lowest BCUT2D eigenvalue weighted by molar-refractivity contribution is 0.0600. The van der Waals surface area contributed by atoms with Crippen molar-refractivity contribution in [1.29, 1.82) is 0 Å². The highest BCUT2D eigenvalue weighted by Crippen LogP contribution is 2.28. The van der Waals surface area contributed by atoms with Crippen molar-refractivity contribution in [3.63, 3.8) is 0 Å². The number of carbonyl (C=O) groups is 2. The molecule has 0 aliphatic carbocycles. The van der Waals surface area contributed by atoms with Crippen LogP contribution < -0.4 is 15.4 Å². The second kappa shape index (κ2) is 10.5. The van der Waals surface area contributed by atoms with E-state index in [1.807, 2.05) is 26.8 Å². The lowest BCUT2D eigenvalue weighted by Gasteiger charge is -2.32. The van der Waals surface area contributed by atoms with Gasteiger partial charge in [0.1, 0.15) is 28.4 Å². The number of benzene rings is 1. The fraction of sp³-hybridized carbons (Fsp3) is 0.400. The molecule has 0 spiro atoms. The second-order valence-electron chi connectivity index (χ2n) is 9.75. The van der Waals surface area contributed by atoms with Gasteiger partial charge in [-0.25, -0.2) is 9.18 Å². The van der Waals surface area contributed by atoms with Crippen molar-refractivity contribution in [2.24, 2.45) is 7.05 Å². The van der Waals surface area contributed by atoms with Crippen LogP contribution >= 0.6 is 22.9 Å². The van der Waals surface area contributed by atoms with E-state index in [0.29, 0.717) is 47.4 Å². The molecule has 3 amide bonds. The molecule has 192 valence electrons. The summed E-state index contributed by atoms with van der Waals surface area (Å²) in [4.78, 5) is 27.5. The molecule has 1 aliphatic heterocycles. The first kappa shape index (κ1) is 26.0. The zero-order valence-corrected chi connectivity index (χ0v) is 22.2. The summed E-state index contributed by atoms with van der Waals surface area (Å²) in [5, 5.41) is 12.1. The van der Waals surface area contributed by atoms with E-state index < -0.39 is 11.8 Å². The van der Waals surface area contributed by atoms with Crippen LogP contribution in [0, 0.1) is 5.82 Å². The number of ether oxygens (including phenoxy) is 1. The van der Waals surface area contributed by atoms with E-state index in [1.165, 1.54) is 23.5 Å². The monoisotopic (exact) mass is 533 g/mol. The van der Waals surface area contributed by atoms with Crippen LogP contribution in [0.2, 0.25) is 5.02 Å². The number of halogens is 2. The van der Waals surface area contributed by atoms with Crippen LogP contribution in [0.25, 0.3) is 0 Å². The molecule has 1 saturated heterocycles. The Morgan fingerprint density at radius 2 is 1.89 bits per heavy atom. The first-order valence-corrected chi connectivity index (χ1v) is 12.9. The van der Waals surface area contributed by atoms with Gasteiger partial charge in [0.05, 0.1) is 10.7 Å². The van der Waals surface area contributed by atoms with Crippen LogP contribution in [0.4, 0.5) is 20.7 Å². The molecule has 1 aromatic carbocycles. The molecule has 8 nitrogen and oxygen atoms in total. The maximum absolute atomic E-state index is 14.3. The Morgan fingerprint density at radius 3 is 2.50 bits per heavy atom. The standard InChI is InChI=1S/C25H29ClFN5O3S/c1-25(2,3)20-14-21(31(4)30-20)29-24(34)28-16-11-15(27)12-18(13-16)35-17-5-8-32(9-6-17)23(33)22-19(26)7-10-36-22/h7,10-14,17H,5-6,8-9H2,1-4H3,(H2,28,29,34). The van der Waals surface area contributed by atoms with Crippen molar-refractivity contribution < 1.29 is 18.7 Å². The lowest BCUT2D eigenvalue weighted by atomic mass is 9.92. The van der Waals surface area contributed by atoms with Gasteiger partial charge in [0.25, 0.3) is 5.91 Å². The van der Waals surface area contributed by atoms with Crippen molar-refractivity contribution in [3.8, 4) is 5.75 Å². The molecule has 36 heavy (non-hydrogen) atoms. The number of amides is 3. The Bertz CT molecular complexity index is 1260. The third-order valence-electron chi connectivity index (χ3n) is 5.86. The Hall–Kier alpha value is -3.11. The number of aryl methyl sites for hydroxylation is 1. The molecule has 3 aromatic rings. The number of hydrogen-bond acceptors (Lipinski definition) is 5. The smallest absolute Gasteiger partial charge is 0.324 e. The summed E-state index contributed by atoms with van der Waals surface area (Å²) in [5.41, 5.74) is 0.942. The van der Waals surface area contributed by atoms with Crippen LogP contribution in [0.15, 0.2) is 35.7 Å². The molecule has 2 N–H and O–H groups in total. The van der Waals surface area contributed by atoms with E-state index in [2.05, 4.69) is 15.7 Å². The van der Waals surface area contributed by atoms with Crippen molar-refractivity contribution in [3.05, 3.63) is 57.1 Å². The highest BCUT2D eigenvalue weighted by atomic mass is 35.5. The molecule has 0 bridgehead atoms. The van der Waals surface area contributed by atoms with E-state index >= 15 is 0 Å². The number of anilines is 2. The van der Waals surface area contributed by atoms with Gasteiger partial charge >= 0.3 is 6.03 Å². The minimum Gasteiger partial charge on any atom is -0.490 e. The average Bonchev–Trinajstić information content (AvgIpc) is 3.38. The van der Waals surface area contributed by atoms with Gasteiger partial charge in [-0.15, -0.1) is 11.3 Å². The third-order valence-corrected chi connectivity index (χ3v) is 7.19. The number of likely N-dealkylation sites (tertiary alicyclic amines) is 1. The zero-order chi connectivity index (χ0) is 26.0. The van der Waals surface area contributed by atoms with Gasteiger partial charge < -0.3 is 15.0 Å². The normalized spacial score (nSPS) is 14.6. The maximum atomic E-state index is 14.3. The first-order valence-electron chi connectivity index (χ1n) is 11.6. The van der Waals surface area contributed by atoms with Crippen LogP contribution in [0.3, 0.4) is 0 Å². The first-order chi connectivity index (χ1) is 17.0. The summed E-state index contributed by atoms with van der Waals surface area (Å²) in [6, 6.07) is 7.09. The topological polar surface area (TPSA) is 88.5 Å². The molecule has 3 heterocycles. The van der Waals surface area contributed by atoms with Crippen LogP contribution in [0.5, 0.6) is 5.75 Å². The minimum atomic E-state index is -0.529. The molecule has 0 atom stereocenters. The van der Waals surface area contributed by atoms with Crippen molar-refractivity contribution >= 4 is 46.4 Å². The van der Waals surface area contributed by atoms with Crippen molar-refractivity contribution in [2.45, 2.75) is 45.1 Å². The Kier molecular flexibility index (Phi) is 7.56. The average molecular weight is 534 g/mol. The van der Waals surface area contributed by atoms with Gasteiger partial charge in [-0.3, -0.25) is 14.8 Å². The molecule has 0 radical (unpaired) electrons.